The number of aromatic nitrogens is 1. The molecule has 0 aliphatic carbocycles. The molecule has 1 unspecified atom stereocenters. The number of aryl methyl sites for hydroxylation is 1. The minimum atomic E-state index is -2.94. The lowest BCUT2D eigenvalue weighted by atomic mass is 10.3. The molecule has 1 aromatic heterocycles. The number of nitrogens with one attached hydrogen (secondary N) is 3. The van der Waals surface area contributed by atoms with Crippen LogP contribution in [0.2, 0.25) is 0 Å². The quantitative estimate of drug-likeness (QED) is 0.324. The van der Waals surface area contributed by atoms with Crippen molar-refractivity contribution >= 4 is 51.5 Å². The zero-order valence-corrected chi connectivity index (χ0v) is 17.4. The van der Waals surface area contributed by atoms with E-state index in [4.69, 9.17) is 0 Å². The number of sulfone groups is 1. The van der Waals surface area contributed by atoms with E-state index in [-0.39, 0.29) is 53.9 Å². The predicted octanol–water partition coefficient (Wildman–Crippen LogP) is 0.689. The van der Waals surface area contributed by atoms with Crippen LogP contribution >= 0.6 is 24.0 Å². The highest BCUT2D eigenvalue weighted by Gasteiger charge is 2.28. The fraction of sp³-hybridized carbons (Fsp3) is 0.533. The highest BCUT2D eigenvalue weighted by Crippen LogP contribution is 2.10. The Kier molecular flexibility index (Phi) is 8.56. The molecule has 0 bridgehead atoms. The van der Waals surface area contributed by atoms with E-state index >= 15 is 0 Å². The van der Waals surface area contributed by atoms with Gasteiger partial charge < -0.3 is 16.0 Å². The number of guanidine groups is 1. The van der Waals surface area contributed by atoms with Crippen molar-refractivity contribution in [1.29, 1.82) is 0 Å². The summed E-state index contributed by atoms with van der Waals surface area (Å²) in [5, 5.41) is 8.79. The third kappa shape index (κ3) is 7.55. The Morgan fingerprint density at radius 1 is 1.40 bits per heavy atom. The number of rotatable bonds is 5. The predicted molar refractivity (Wildman–Crippen MR) is 109 cm³/mol. The molecule has 3 N–H and O–H groups in total. The highest BCUT2D eigenvalue weighted by atomic mass is 127. The van der Waals surface area contributed by atoms with E-state index < -0.39 is 9.84 Å². The molecule has 1 fully saturated rings. The smallest absolute Gasteiger partial charge is 0.227 e. The number of anilines is 1. The molecule has 0 radical (unpaired) electrons. The summed E-state index contributed by atoms with van der Waals surface area (Å²) in [4.78, 5) is 20.0. The van der Waals surface area contributed by atoms with Crippen molar-refractivity contribution in [2.75, 3.05) is 30.4 Å². The number of hydrogen-bond donors (Lipinski definition) is 3. The van der Waals surface area contributed by atoms with Gasteiger partial charge in [0.2, 0.25) is 5.91 Å². The maximum absolute atomic E-state index is 11.9. The van der Waals surface area contributed by atoms with Crippen molar-refractivity contribution in [3.8, 4) is 0 Å². The number of carbonyl (C=O) groups excluding carboxylic acids is 1. The van der Waals surface area contributed by atoms with Crippen LogP contribution in [0.1, 0.15) is 18.4 Å². The molecule has 0 saturated carbocycles. The third-order valence-corrected chi connectivity index (χ3v) is 5.39. The Morgan fingerprint density at radius 2 is 2.16 bits per heavy atom. The van der Waals surface area contributed by atoms with E-state index in [1.54, 1.807) is 19.3 Å². The van der Waals surface area contributed by atoms with Crippen LogP contribution in [0.25, 0.3) is 0 Å². The Bertz CT molecular complexity index is 706. The van der Waals surface area contributed by atoms with E-state index in [0.29, 0.717) is 24.7 Å². The zero-order valence-electron chi connectivity index (χ0n) is 14.3. The van der Waals surface area contributed by atoms with Crippen LogP contribution in [0.15, 0.2) is 23.3 Å². The summed E-state index contributed by atoms with van der Waals surface area (Å²) in [6.07, 6.45) is 2.51. The first-order valence-corrected chi connectivity index (χ1v) is 9.60. The number of halogens is 1. The molecule has 1 aliphatic heterocycles. The molecule has 140 valence electrons. The van der Waals surface area contributed by atoms with Gasteiger partial charge in [-0.05, 0) is 25.0 Å². The summed E-state index contributed by atoms with van der Waals surface area (Å²) in [6, 6.07) is 3.50. The standard InChI is InChI=1S/C15H23N5O3S.HI/c1-11-3-4-13(18-9-11)20-14(21)5-7-17-15(16-2)19-12-6-8-24(22,23)10-12;/h3-4,9,12H,5-8,10H2,1-2H3,(H2,16,17,19)(H,18,20,21);1H. The second-order valence-corrected chi connectivity index (χ2v) is 7.99. The molecule has 8 nitrogen and oxygen atoms in total. The van der Waals surface area contributed by atoms with Crippen LogP contribution in [0.4, 0.5) is 5.82 Å². The Morgan fingerprint density at radius 3 is 2.72 bits per heavy atom. The Hall–Kier alpha value is -1.43. The number of hydrogen-bond acceptors (Lipinski definition) is 5. The van der Waals surface area contributed by atoms with Gasteiger partial charge in [0.05, 0.1) is 11.5 Å². The normalized spacial score (nSPS) is 19.0. The molecule has 1 saturated heterocycles. The van der Waals surface area contributed by atoms with Gasteiger partial charge in [0, 0.05) is 32.3 Å². The summed E-state index contributed by atoms with van der Waals surface area (Å²) in [6.45, 7) is 2.31. The molecule has 2 rings (SSSR count). The van der Waals surface area contributed by atoms with E-state index in [0.717, 1.165) is 5.56 Å². The molecular formula is C15H24IN5O3S. The third-order valence-electron chi connectivity index (χ3n) is 3.62. The largest absolute Gasteiger partial charge is 0.356 e. The molecule has 25 heavy (non-hydrogen) atoms. The maximum Gasteiger partial charge on any atom is 0.227 e. The highest BCUT2D eigenvalue weighted by molar-refractivity contribution is 14.0. The van der Waals surface area contributed by atoms with Crippen LogP contribution in [-0.2, 0) is 14.6 Å². The van der Waals surface area contributed by atoms with Crippen molar-refractivity contribution < 1.29 is 13.2 Å². The summed E-state index contributed by atoms with van der Waals surface area (Å²) in [7, 11) is -1.33. The summed E-state index contributed by atoms with van der Waals surface area (Å²) in [5.74, 6) is 1.18. The molecule has 0 aromatic carbocycles. The first kappa shape index (κ1) is 21.6. The molecule has 1 amide bonds. The second-order valence-electron chi connectivity index (χ2n) is 5.76. The lowest BCUT2D eigenvalue weighted by Crippen LogP contribution is -2.44. The monoisotopic (exact) mass is 481 g/mol. The molecular weight excluding hydrogens is 457 g/mol. The zero-order chi connectivity index (χ0) is 17.6. The van der Waals surface area contributed by atoms with Gasteiger partial charge in [0.25, 0.3) is 0 Å². The van der Waals surface area contributed by atoms with Gasteiger partial charge in [-0.1, -0.05) is 6.07 Å². The van der Waals surface area contributed by atoms with Crippen molar-refractivity contribution in [2.24, 2.45) is 4.99 Å². The van der Waals surface area contributed by atoms with Crippen LogP contribution in [0, 0.1) is 6.92 Å². The first-order chi connectivity index (χ1) is 11.4. The topological polar surface area (TPSA) is 113 Å². The van der Waals surface area contributed by atoms with E-state index in [1.165, 1.54) is 0 Å². The lowest BCUT2D eigenvalue weighted by Gasteiger charge is -2.15. The SMILES string of the molecule is CN=C(NCCC(=O)Nc1ccc(C)cn1)NC1CCS(=O)(=O)C1.I. The van der Waals surface area contributed by atoms with Gasteiger partial charge in [0.15, 0.2) is 15.8 Å². The summed E-state index contributed by atoms with van der Waals surface area (Å²) >= 11 is 0. The van der Waals surface area contributed by atoms with Crippen LogP contribution in [0.3, 0.4) is 0 Å². The first-order valence-electron chi connectivity index (χ1n) is 7.78. The van der Waals surface area contributed by atoms with E-state index in [9.17, 15) is 13.2 Å². The fourth-order valence-electron chi connectivity index (χ4n) is 2.34. The molecule has 1 aromatic rings. The van der Waals surface area contributed by atoms with Crippen molar-refractivity contribution in [3.63, 3.8) is 0 Å². The maximum atomic E-state index is 11.9. The molecule has 0 spiro atoms. The molecule has 1 atom stereocenters. The average Bonchev–Trinajstić information content (AvgIpc) is 2.87. The second kappa shape index (κ2) is 9.90. The van der Waals surface area contributed by atoms with Gasteiger partial charge in [-0.25, -0.2) is 13.4 Å². The van der Waals surface area contributed by atoms with Gasteiger partial charge in [-0.15, -0.1) is 24.0 Å². The lowest BCUT2D eigenvalue weighted by molar-refractivity contribution is -0.116. The van der Waals surface area contributed by atoms with Crippen LogP contribution in [0.5, 0.6) is 0 Å². The number of pyridine rings is 1. The summed E-state index contributed by atoms with van der Waals surface area (Å²) < 4.78 is 22.9. The number of aliphatic imine (C=N–C) groups is 1. The molecule has 1 aliphatic rings. The van der Waals surface area contributed by atoms with Gasteiger partial charge in [0.1, 0.15) is 5.82 Å². The minimum absolute atomic E-state index is 0. The van der Waals surface area contributed by atoms with E-state index in [2.05, 4.69) is 25.9 Å². The fourth-order valence-corrected chi connectivity index (χ4v) is 4.01. The number of amides is 1. The van der Waals surface area contributed by atoms with Crippen molar-refractivity contribution in [2.45, 2.75) is 25.8 Å². The van der Waals surface area contributed by atoms with E-state index in [1.807, 2.05) is 13.0 Å². The number of nitrogens with zero attached hydrogens (tertiary/aromatic N) is 2. The molecule has 2 heterocycles. The minimum Gasteiger partial charge on any atom is -0.356 e. The van der Waals surface area contributed by atoms with Crippen LogP contribution < -0.4 is 16.0 Å². The van der Waals surface area contributed by atoms with Gasteiger partial charge in [-0.2, -0.15) is 0 Å². The average molecular weight is 481 g/mol. The Balaban J connectivity index is 0.00000312. The van der Waals surface area contributed by atoms with Crippen molar-refractivity contribution in [3.05, 3.63) is 23.9 Å². The molecule has 10 heteroatoms. The van der Waals surface area contributed by atoms with Crippen molar-refractivity contribution in [1.82, 2.24) is 15.6 Å². The van der Waals surface area contributed by atoms with Gasteiger partial charge >= 0.3 is 0 Å². The van der Waals surface area contributed by atoms with Gasteiger partial charge in [-0.3, -0.25) is 9.79 Å². The number of carbonyl (C=O) groups is 1. The van der Waals surface area contributed by atoms with Crippen LogP contribution in [-0.4, -0.2) is 56.4 Å². The summed E-state index contributed by atoms with van der Waals surface area (Å²) in [5.41, 5.74) is 1.03. The Labute approximate surface area is 165 Å².